The van der Waals surface area contributed by atoms with E-state index in [0.29, 0.717) is 33.2 Å². The van der Waals surface area contributed by atoms with Crippen LogP contribution in [0.4, 0.5) is 0 Å². The van der Waals surface area contributed by atoms with Crippen LogP contribution in [-0.2, 0) is 6.61 Å². The average Bonchev–Trinajstić information content (AvgIpc) is 2.66. The molecule has 2 N–H and O–H groups in total. The highest BCUT2D eigenvalue weighted by Crippen LogP contribution is 2.31. The van der Waals surface area contributed by atoms with Gasteiger partial charge in [0.05, 0.1) is 13.3 Å². The third-order valence-electron chi connectivity index (χ3n) is 3.41. The van der Waals surface area contributed by atoms with Crippen LogP contribution in [0.1, 0.15) is 11.1 Å². The topological polar surface area (TPSA) is 54.9 Å². The largest absolute Gasteiger partial charge is 0.493 e. The number of nitrogens with zero attached hydrogens (tertiary/aromatic N) is 1. The number of hydrogen-bond donors (Lipinski definition) is 2. The standard InChI is InChI=1S/C19H19Cl2N3O2S/c1-3-9-22-19(27)24-23-11-13-7-8-17(18(10-13)25-2)26-12-14-15(20)5-4-6-16(14)21/h3-8,10-11H,1,9,12H2,2H3,(H2,22,24,27). The molecule has 2 aromatic carbocycles. The minimum atomic E-state index is 0.229. The number of benzene rings is 2. The molecule has 2 rings (SSSR count). The maximum atomic E-state index is 6.17. The first-order chi connectivity index (χ1) is 13.0. The molecule has 0 heterocycles. The van der Waals surface area contributed by atoms with Gasteiger partial charge in [0.15, 0.2) is 16.6 Å². The van der Waals surface area contributed by atoms with Gasteiger partial charge >= 0.3 is 0 Å². The van der Waals surface area contributed by atoms with Gasteiger partial charge in [-0.3, -0.25) is 5.43 Å². The van der Waals surface area contributed by atoms with E-state index in [4.69, 9.17) is 44.9 Å². The maximum absolute atomic E-state index is 6.17. The molecule has 8 heteroatoms. The molecule has 0 aliphatic carbocycles. The highest BCUT2D eigenvalue weighted by atomic mass is 35.5. The Kier molecular flexibility index (Phi) is 8.39. The van der Waals surface area contributed by atoms with Crippen molar-refractivity contribution in [3.63, 3.8) is 0 Å². The monoisotopic (exact) mass is 423 g/mol. The van der Waals surface area contributed by atoms with Crippen molar-refractivity contribution in [3.05, 3.63) is 70.2 Å². The van der Waals surface area contributed by atoms with Gasteiger partial charge < -0.3 is 14.8 Å². The molecule has 5 nitrogen and oxygen atoms in total. The van der Waals surface area contributed by atoms with E-state index < -0.39 is 0 Å². The second-order valence-corrected chi connectivity index (χ2v) is 6.49. The van der Waals surface area contributed by atoms with Crippen molar-refractivity contribution < 1.29 is 9.47 Å². The number of halogens is 2. The Morgan fingerprint density at radius 1 is 1.22 bits per heavy atom. The molecule has 0 aromatic heterocycles. The lowest BCUT2D eigenvalue weighted by Crippen LogP contribution is -2.31. The summed E-state index contributed by atoms with van der Waals surface area (Å²) in [5.41, 5.74) is 4.25. The normalized spacial score (nSPS) is 10.5. The molecular formula is C19H19Cl2N3O2S. The van der Waals surface area contributed by atoms with Gasteiger partial charge in [0.1, 0.15) is 6.61 Å². The van der Waals surface area contributed by atoms with Crippen LogP contribution in [0, 0.1) is 0 Å². The fourth-order valence-electron chi connectivity index (χ4n) is 2.07. The van der Waals surface area contributed by atoms with Crippen LogP contribution in [0.3, 0.4) is 0 Å². The Morgan fingerprint density at radius 2 is 1.96 bits per heavy atom. The predicted octanol–water partition coefficient (Wildman–Crippen LogP) is 4.57. The van der Waals surface area contributed by atoms with Gasteiger partial charge in [0, 0.05) is 22.2 Å². The summed E-state index contributed by atoms with van der Waals surface area (Å²) < 4.78 is 11.2. The third kappa shape index (κ3) is 6.43. The summed E-state index contributed by atoms with van der Waals surface area (Å²) in [4.78, 5) is 0. The molecule has 142 valence electrons. The van der Waals surface area contributed by atoms with Crippen LogP contribution in [0.2, 0.25) is 10.0 Å². The molecule has 0 unspecified atom stereocenters. The van der Waals surface area contributed by atoms with E-state index >= 15 is 0 Å². The molecule has 0 aliphatic rings. The Balaban J connectivity index is 2.03. The highest BCUT2D eigenvalue weighted by molar-refractivity contribution is 7.80. The van der Waals surface area contributed by atoms with Gasteiger partial charge in [-0.1, -0.05) is 35.3 Å². The number of hydrogen-bond acceptors (Lipinski definition) is 4. The molecule has 0 amide bonds. The molecule has 0 spiro atoms. The van der Waals surface area contributed by atoms with E-state index in [1.54, 1.807) is 49.7 Å². The summed E-state index contributed by atoms with van der Waals surface area (Å²) in [6.45, 7) is 4.40. The lowest BCUT2D eigenvalue weighted by atomic mass is 10.2. The van der Waals surface area contributed by atoms with Crippen molar-refractivity contribution in [2.24, 2.45) is 5.10 Å². The molecule has 27 heavy (non-hydrogen) atoms. The molecule has 0 radical (unpaired) electrons. The average molecular weight is 424 g/mol. The van der Waals surface area contributed by atoms with E-state index in [1.165, 1.54) is 0 Å². The van der Waals surface area contributed by atoms with E-state index in [1.807, 2.05) is 6.07 Å². The highest BCUT2D eigenvalue weighted by Gasteiger charge is 2.09. The number of hydrazone groups is 1. The number of ether oxygens (including phenoxy) is 2. The van der Waals surface area contributed by atoms with Gasteiger partial charge in [0.25, 0.3) is 0 Å². The summed E-state index contributed by atoms with van der Waals surface area (Å²) in [7, 11) is 1.57. The zero-order valence-corrected chi connectivity index (χ0v) is 17.0. The number of thiocarbonyl (C=S) groups is 1. The van der Waals surface area contributed by atoms with Crippen molar-refractivity contribution in [1.29, 1.82) is 0 Å². The molecule has 0 saturated heterocycles. The molecule has 0 bridgehead atoms. The van der Waals surface area contributed by atoms with Crippen LogP contribution in [0.25, 0.3) is 0 Å². The van der Waals surface area contributed by atoms with Crippen molar-refractivity contribution in [1.82, 2.24) is 10.7 Å². The zero-order chi connectivity index (χ0) is 19.6. The van der Waals surface area contributed by atoms with E-state index in [0.717, 1.165) is 11.1 Å². The first-order valence-electron chi connectivity index (χ1n) is 7.96. The first-order valence-corrected chi connectivity index (χ1v) is 9.13. The van der Waals surface area contributed by atoms with Gasteiger partial charge in [-0.15, -0.1) is 6.58 Å². The minimum Gasteiger partial charge on any atom is -0.493 e. The maximum Gasteiger partial charge on any atom is 0.187 e. The molecule has 0 aliphatic heterocycles. The molecule has 0 fully saturated rings. The van der Waals surface area contributed by atoms with Crippen LogP contribution in [0.5, 0.6) is 11.5 Å². The summed E-state index contributed by atoms with van der Waals surface area (Å²) >= 11 is 17.4. The first kappa shape index (κ1) is 21.0. The fourth-order valence-corrected chi connectivity index (χ4v) is 2.72. The van der Waals surface area contributed by atoms with Gasteiger partial charge in [-0.05, 0) is 48.1 Å². The van der Waals surface area contributed by atoms with Crippen molar-refractivity contribution in [2.75, 3.05) is 13.7 Å². The molecule has 2 aromatic rings. The zero-order valence-electron chi connectivity index (χ0n) is 14.7. The fraction of sp³-hybridized carbons (Fsp3) is 0.158. The van der Waals surface area contributed by atoms with E-state index in [-0.39, 0.29) is 6.61 Å². The number of rotatable bonds is 8. The van der Waals surface area contributed by atoms with Crippen LogP contribution < -0.4 is 20.2 Å². The summed E-state index contributed by atoms with van der Waals surface area (Å²) in [6.07, 6.45) is 3.33. The lowest BCUT2D eigenvalue weighted by molar-refractivity contribution is 0.284. The summed E-state index contributed by atoms with van der Waals surface area (Å²) in [6, 6.07) is 10.8. The van der Waals surface area contributed by atoms with Crippen molar-refractivity contribution in [3.8, 4) is 11.5 Å². The van der Waals surface area contributed by atoms with Crippen LogP contribution in [0.15, 0.2) is 54.2 Å². The Morgan fingerprint density at radius 3 is 2.63 bits per heavy atom. The summed E-state index contributed by atoms with van der Waals surface area (Å²) in [5, 5.41) is 8.50. The molecule has 0 saturated carbocycles. The second kappa shape index (κ2) is 10.8. The van der Waals surface area contributed by atoms with Crippen LogP contribution in [-0.4, -0.2) is 25.0 Å². The lowest BCUT2D eigenvalue weighted by Gasteiger charge is -2.13. The van der Waals surface area contributed by atoms with Gasteiger partial charge in [0.2, 0.25) is 0 Å². The van der Waals surface area contributed by atoms with E-state index in [9.17, 15) is 0 Å². The van der Waals surface area contributed by atoms with Gasteiger partial charge in [-0.25, -0.2) is 0 Å². The Bertz CT molecular complexity index is 823. The molecule has 0 atom stereocenters. The van der Waals surface area contributed by atoms with E-state index in [2.05, 4.69) is 22.4 Å². The van der Waals surface area contributed by atoms with Crippen molar-refractivity contribution >= 4 is 46.7 Å². The quantitative estimate of drug-likeness (QED) is 0.282. The predicted molar refractivity (Wildman–Crippen MR) is 115 cm³/mol. The number of methoxy groups -OCH3 is 1. The number of nitrogens with one attached hydrogen (secondary N) is 2. The SMILES string of the molecule is C=CCNC(=S)NN=Cc1ccc(OCc2c(Cl)cccc2Cl)c(OC)c1. The second-order valence-electron chi connectivity index (χ2n) is 5.27. The Hall–Kier alpha value is -2.28. The van der Waals surface area contributed by atoms with Crippen LogP contribution >= 0.6 is 35.4 Å². The smallest absolute Gasteiger partial charge is 0.187 e. The minimum absolute atomic E-state index is 0.229. The Labute approximate surface area is 174 Å². The summed E-state index contributed by atoms with van der Waals surface area (Å²) in [5.74, 6) is 1.14. The van der Waals surface area contributed by atoms with Crippen molar-refractivity contribution in [2.45, 2.75) is 6.61 Å². The van der Waals surface area contributed by atoms with Gasteiger partial charge in [-0.2, -0.15) is 5.10 Å². The molecular weight excluding hydrogens is 405 g/mol. The third-order valence-corrected chi connectivity index (χ3v) is 4.35.